The van der Waals surface area contributed by atoms with E-state index in [1.807, 2.05) is 18.2 Å². The van der Waals surface area contributed by atoms with Gasteiger partial charge in [0.1, 0.15) is 6.04 Å². The van der Waals surface area contributed by atoms with Crippen molar-refractivity contribution in [1.29, 1.82) is 15.8 Å². The Hall–Kier alpha value is -5.12. The van der Waals surface area contributed by atoms with Crippen molar-refractivity contribution in [3.8, 4) is 18.2 Å². The van der Waals surface area contributed by atoms with E-state index in [4.69, 9.17) is 0 Å². The van der Waals surface area contributed by atoms with E-state index in [0.717, 1.165) is 40.3 Å². The Bertz CT molecular complexity index is 1790. The molecule has 3 aromatic rings. The number of rotatable bonds is 4. The van der Waals surface area contributed by atoms with Gasteiger partial charge in [-0.3, -0.25) is 9.80 Å². The van der Waals surface area contributed by atoms with Gasteiger partial charge >= 0.3 is 12.2 Å². The summed E-state index contributed by atoms with van der Waals surface area (Å²) in [5, 5.41) is 28.8. The molecule has 12 heteroatoms. The molecule has 0 saturated heterocycles. The van der Waals surface area contributed by atoms with Crippen molar-refractivity contribution in [3.05, 3.63) is 100 Å². The van der Waals surface area contributed by atoms with Gasteiger partial charge in [-0.2, -0.15) is 29.0 Å². The predicted molar refractivity (Wildman–Crippen MR) is 138 cm³/mol. The number of nitriles is 3. The van der Waals surface area contributed by atoms with E-state index in [-0.39, 0.29) is 44.2 Å². The van der Waals surface area contributed by atoms with E-state index in [2.05, 4.69) is 0 Å². The SMILES string of the molecule is CC1=C(C#N)[C@@H](c2ccc(C#N)cc2S(C)(=O)=O)N(c2ccc(C#N)cc2)C(=O)N1c1cccc(C(F)(F)F)c1. The Kier molecular flexibility index (Phi) is 7.13. The van der Waals surface area contributed by atoms with Gasteiger partial charge in [-0.1, -0.05) is 12.1 Å². The second-order valence-electron chi connectivity index (χ2n) is 8.84. The number of hydrogen-bond donors (Lipinski definition) is 0. The number of halogens is 3. The van der Waals surface area contributed by atoms with E-state index in [1.54, 1.807) is 0 Å². The largest absolute Gasteiger partial charge is 0.416 e. The number of alkyl halides is 3. The van der Waals surface area contributed by atoms with Crippen LogP contribution in [-0.2, 0) is 16.0 Å². The molecule has 0 saturated carbocycles. The molecule has 0 aromatic heterocycles. The number of anilines is 2. The van der Waals surface area contributed by atoms with E-state index in [1.165, 1.54) is 49.4 Å². The summed E-state index contributed by atoms with van der Waals surface area (Å²) in [6.07, 6.45) is -3.78. The van der Waals surface area contributed by atoms with E-state index in [0.29, 0.717) is 0 Å². The molecular weight excluding hydrogens is 543 g/mol. The highest BCUT2D eigenvalue weighted by molar-refractivity contribution is 7.90. The Labute approximate surface area is 227 Å². The first-order valence-electron chi connectivity index (χ1n) is 11.5. The highest BCUT2D eigenvalue weighted by atomic mass is 32.2. The minimum atomic E-state index is -4.70. The van der Waals surface area contributed by atoms with Crippen LogP contribution in [0.2, 0.25) is 0 Å². The molecule has 0 bridgehead atoms. The van der Waals surface area contributed by atoms with Crippen molar-refractivity contribution >= 4 is 27.2 Å². The summed E-state index contributed by atoms with van der Waals surface area (Å²) in [5.74, 6) is 0. The van der Waals surface area contributed by atoms with E-state index >= 15 is 0 Å². The number of urea groups is 1. The second kappa shape index (κ2) is 10.2. The first-order chi connectivity index (χ1) is 18.8. The number of amides is 2. The fourth-order valence-electron chi connectivity index (χ4n) is 4.48. The van der Waals surface area contributed by atoms with Crippen molar-refractivity contribution in [1.82, 2.24) is 0 Å². The molecule has 2 amide bonds. The lowest BCUT2D eigenvalue weighted by atomic mass is 9.92. The number of nitrogens with zero attached hydrogens (tertiary/aromatic N) is 5. The summed E-state index contributed by atoms with van der Waals surface area (Å²) in [4.78, 5) is 15.9. The van der Waals surface area contributed by atoms with Crippen molar-refractivity contribution in [2.75, 3.05) is 16.1 Å². The van der Waals surface area contributed by atoms with Crippen molar-refractivity contribution < 1.29 is 26.4 Å². The quantitative estimate of drug-likeness (QED) is 0.394. The van der Waals surface area contributed by atoms with Gasteiger partial charge in [-0.15, -0.1) is 0 Å². The summed E-state index contributed by atoms with van der Waals surface area (Å²) in [7, 11) is -3.99. The smallest absolute Gasteiger partial charge is 0.281 e. The van der Waals surface area contributed by atoms with Gasteiger partial charge in [0.15, 0.2) is 9.84 Å². The maximum atomic E-state index is 14.1. The zero-order chi connectivity index (χ0) is 29.4. The van der Waals surface area contributed by atoms with Crippen LogP contribution >= 0.6 is 0 Å². The van der Waals surface area contributed by atoms with Gasteiger partial charge in [0.2, 0.25) is 0 Å². The van der Waals surface area contributed by atoms with Crippen LogP contribution in [0.1, 0.15) is 35.2 Å². The van der Waals surface area contributed by atoms with Gasteiger partial charge < -0.3 is 0 Å². The Morgan fingerprint density at radius 2 is 1.48 bits per heavy atom. The summed E-state index contributed by atoms with van der Waals surface area (Å²) in [6.45, 7) is 1.38. The molecule has 0 unspecified atom stereocenters. The van der Waals surface area contributed by atoms with Gasteiger partial charge in [0.05, 0.1) is 51.1 Å². The monoisotopic (exact) mass is 561 g/mol. The van der Waals surface area contributed by atoms with Crippen molar-refractivity contribution in [2.45, 2.75) is 24.0 Å². The van der Waals surface area contributed by atoms with Crippen molar-refractivity contribution in [2.24, 2.45) is 0 Å². The number of sulfone groups is 1. The van der Waals surface area contributed by atoms with Crippen molar-refractivity contribution in [3.63, 3.8) is 0 Å². The third-order valence-corrected chi connectivity index (χ3v) is 7.47. The number of carbonyl (C=O) groups excluding carboxylic acids is 1. The van der Waals surface area contributed by atoms with Gasteiger partial charge in [-0.05, 0) is 67.1 Å². The van der Waals surface area contributed by atoms with Gasteiger partial charge in [0, 0.05) is 17.6 Å². The topological polar surface area (TPSA) is 129 Å². The molecule has 1 aliphatic heterocycles. The fourth-order valence-corrected chi connectivity index (χ4v) is 5.43. The molecule has 1 atom stereocenters. The van der Waals surface area contributed by atoms with Gasteiger partial charge in [0.25, 0.3) is 0 Å². The molecule has 0 radical (unpaired) electrons. The number of hydrogen-bond acceptors (Lipinski definition) is 6. The lowest BCUT2D eigenvalue weighted by Crippen LogP contribution is -2.50. The average Bonchev–Trinajstić information content (AvgIpc) is 2.92. The zero-order valence-corrected chi connectivity index (χ0v) is 21.7. The van der Waals surface area contributed by atoms with Crippen LogP contribution in [0.5, 0.6) is 0 Å². The highest BCUT2D eigenvalue weighted by Crippen LogP contribution is 2.44. The van der Waals surface area contributed by atoms with Crippen LogP contribution < -0.4 is 9.80 Å². The standard InChI is InChI=1S/C28H18F3N5O3S/c1-17-24(16-34)26(23-11-8-19(15-33)12-25(23)40(2,38)39)36(21-9-6-18(14-32)7-10-21)27(37)35(17)22-5-3-4-20(13-22)28(29,30)31/h3-13,26H,1-2H3/t26-/m1/s1. The molecule has 1 aliphatic rings. The van der Waals surface area contributed by atoms with Gasteiger partial charge in [-0.25, -0.2) is 13.2 Å². The minimum absolute atomic E-state index is 0.00877. The first-order valence-corrected chi connectivity index (χ1v) is 13.4. The molecule has 0 aliphatic carbocycles. The third-order valence-electron chi connectivity index (χ3n) is 6.32. The lowest BCUT2D eigenvalue weighted by molar-refractivity contribution is -0.137. The summed E-state index contributed by atoms with van der Waals surface area (Å²) in [5.41, 5.74) is -0.855. The third kappa shape index (κ3) is 4.98. The highest BCUT2D eigenvalue weighted by Gasteiger charge is 2.43. The van der Waals surface area contributed by atoms with Crippen LogP contribution in [0.15, 0.2) is 82.9 Å². The van der Waals surface area contributed by atoms with Crippen LogP contribution in [0, 0.1) is 34.0 Å². The predicted octanol–water partition coefficient (Wildman–Crippen LogP) is 5.84. The van der Waals surface area contributed by atoms with Crippen LogP contribution in [0.25, 0.3) is 0 Å². The molecule has 8 nitrogen and oxygen atoms in total. The average molecular weight is 562 g/mol. The lowest BCUT2D eigenvalue weighted by Gasteiger charge is -2.42. The molecular formula is C28H18F3N5O3S. The maximum absolute atomic E-state index is 14.1. The Balaban J connectivity index is 2.06. The molecule has 0 spiro atoms. The van der Waals surface area contributed by atoms with Crippen LogP contribution in [0.3, 0.4) is 0 Å². The van der Waals surface area contributed by atoms with Crippen LogP contribution in [0.4, 0.5) is 29.3 Å². The Morgan fingerprint density at radius 3 is 2.02 bits per heavy atom. The van der Waals surface area contributed by atoms with Crippen LogP contribution in [-0.4, -0.2) is 20.7 Å². The first kappa shape index (κ1) is 27.9. The molecule has 40 heavy (non-hydrogen) atoms. The second-order valence-corrected chi connectivity index (χ2v) is 10.8. The maximum Gasteiger partial charge on any atom is 0.416 e. The number of allylic oxidation sites excluding steroid dienone is 1. The molecule has 200 valence electrons. The number of carbonyl (C=O) groups is 1. The molecule has 0 N–H and O–H groups in total. The molecule has 1 heterocycles. The molecule has 3 aromatic carbocycles. The molecule has 0 fully saturated rings. The zero-order valence-electron chi connectivity index (χ0n) is 20.9. The summed E-state index contributed by atoms with van der Waals surface area (Å²) < 4.78 is 66.1. The summed E-state index contributed by atoms with van der Waals surface area (Å²) >= 11 is 0. The van der Waals surface area contributed by atoms with E-state index < -0.39 is 33.6 Å². The normalized spacial score (nSPS) is 15.8. The Morgan fingerprint density at radius 1 is 0.850 bits per heavy atom. The summed E-state index contributed by atoms with van der Waals surface area (Å²) in [6, 6.07) is 17.1. The minimum Gasteiger partial charge on any atom is -0.281 e. The molecule has 4 rings (SSSR count). The fraction of sp³-hybridized carbons (Fsp3) is 0.143. The van der Waals surface area contributed by atoms with E-state index in [9.17, 15) is 42.2 Å². The number of benzene rings is 3.